The Morgan fingerprint density at radius 1 is 0.714 bits per heavy atom. The van der Waals surface area contributed by atoms with Gasteiger partial charge in [0.15, 0.2) is 0 Å². The fourth-order valence-corrected chi connectivity index (χ4v) is 2.26. The van der Waals surface area contributed by atoms with Crippen LogP contribution in [0.5, 0.6) is 0 Å². The van der Waals surface area contributed by atoms with Crippen molar-refractivity contribution in [1.29, 1.82) is 0 Å². The van der Waals surface area contributed by atoms with Gasteiger partial charge in [-0.2, -0.15) is 0 Å². The summed E-state index contributed by atoms with van der Waals surface area (Å²) in [5.41, 5.74) is 12.3. The zero-order valence-electron chi connectivity index (χ0n) is 12.0. The number of anilines is 3. The highest BCUT2D eigenvalue weighted by Crippen LogP contribution is 2.24. The molecule has 0 saturated carbocycles. The van der Waals surface area contributed by atoms with Crippen molar-refractivity contribution in [2.24, 2.45) is 0 Å². The maximum Gasteiger partial charge on any atom is 0.0405 e. The van der Waals surface area contributed by atoms with Gasteiger partial charge in [-0.15, -0.1) is 0 Å². The lowest BCUT2D eigenvalue weighted by Crippen LogP contribution is -1.94. The van der Waals surface area contributed by atoms with Gasteiger partial charge < -0.3 is 11.1 Å². The standard InChI is InChI=1S/C19H18N2/c1-14-7-10-18(13-19(14)20)21-17-11-8-16(9-12-17)15-5-3-2-4-6-15/h2-13,21H,20H2,1H3. The van der Waals surface area contributed by atoms with E-state index < -0.39 is 0 Å². The first-order valence-corrected chi connectivity index (χ1v) is 7.01. The summed E-state index contributed by atoms with van der Waals surface area (Å²) in [7, 11) is 0. The van der Waals surface area contributed by atoms with E-state index in [0.29, 0.717) is 0 Å². The highest BCUT2D eigenvalue weighted by Gasteiger charge is 2.00. The van der Waals surface area contributed by atoms with Crippen molar-refractivity contribution in [3.8, 4) is 11.1 Å². The van der Waals surface area contributed by atoms with E-state index in [2.05, 4.69) is 53.8 Å². The lowest BCUT2D eigenvalue weighted by atomic mass is 10.1. The van der Waals surface area contributed by atoms with Gasteiger partial charge in [-0.05, 0) is 47.9 Å². The van der Waals surface area contributed by atoms with Crippen LogP contribution in [0.4, 0.5) is 17.1 Å². The van der Waals surface area contributed by atoms with Gasteiger partial charge in [0.2, 0.25) is 0 Å². The second kappa shape index (κ2) is 5.71. The zero-order chi connectivity index (χ0) is 14.7. The van der Waals surface area contributed by atoms with Crippen LogP contribution in [-0.4, -0.2) is 0 Å². The molecule has 2 heteroatoms. The van der Waals surface area contributed by atoms with Crippen molar-refractivity contribution >= 4 is 17.1 Å². The molecule has 0 radical (unpaired) electrons. The fourth-order valence-electron chi connectivity index (χ4n) is 2.26. The minimum absolute atomic E-state index is 0.806. The van der Waals surface area contributed by atoms with Crippen molar-refractivity contribution < 1.29 is 0 Å². The predicted molar refractivity (Wildman–Crippen MR) is 90.8 cm³/mol. The van der Waals surface area contributed by atoms with Crippen LogP contribution in [0.1, 0.15) is 5.56 Å². The Hall–Kier alpha value is -2.74. The van der Waals surface area contributed by atoms with E-state index in [9.17, 15) is 0 Å². The maximum atomic E-state index is 5.93. The summed E-state index contributed by atoms with van der Waals surface area (Å²) in [5.74, 6) is 0. The molecule has 0 aliphatic rings. The van der Waals surface area contributed by atoms with E-state index in [4.69, 9.17) is 5.73 Å². The van der Waals surface area contributed by atoms with Crippen LogP contribution >= 0.6 is 0 Å². The van der Waals surface area contributed by atoms with Crippen molar-refractivity contribution in [2.45, 2.75) is 6.92 Å². The number of hydrogen-bond acceptors (Lipinski definition) is 2. The largest absolute Gasteiger partial charge is 0.398 e. The molecule has 0 saturated heterocycles. The zero-order valence-corrected chi connectivity index (χ0v) is 12.0. The Labute approximate surface area is 125 Å². The number of benzene rings is 3. The smallest absolute Gasteiger partial charge is 0.0405 e. The third-order valence-electron chi connectivity index (χ3n) is 3.56. The molecule has 3 rings (SSSR count). The summed E-state index contributed by atoms with van der Waals surface area (Å²) in [6.07, 6.45) is 0. The van der Waals surface area contributed by atoms with Crippen molar-refractivity contribution in [1.82, 2.24) is 0 Å². The summed E-state index contributed by atoms with van der Waals surface area (Å²) in [6, 6.07) is 24.8. The minimum Gasteiger partial charge on any atom is -0.398 e. The maximum absolute atomic E-state index is 5.93. The van der Waals surface area contributed by atoms with Gasteiger partial charge in [0.05, 0.1) is 0 Å². The summed E-state index contributed by atoms with van der Waals surface area (Å²) in [5, 5.41) is 3.37. The molecule has 0 spiro atoms. The van der Waals surface area contributed by atoms with Crippen molar-refractivity contribution in [3.05, 3.63) is 78.4 Å². The van der Waals surface area contributed by atoms with E-state index in [1.54, 1.807) is 0 Å². The highest BCUT2D eigenvalue weighted by molar-refractivity contribution is 5.69. The Balaban J connectivity index is 1.80. The number of aryl methyl sites for hydroxylation is 1. The minimum atomic E-state index is 0.806. The molecule has 2 nitrogen and oxygen atoms in total. The molecule has 0 aliphatic heterocycles. The average molecular weight is 274 g/mol. The van der Waals surface area contributed by atoms with Gasteiger partial charge in [0.25, 0.3) is 0 Å². The second-order valence-electron chi connectivity index (χ2n) is 5.14. The molecule has 0 heterocycles. The van der Waals surface area contributed by atoms with Crippen LogP contribution in [0.25, 0.3) is 11.1 Å². The molecular formula is C19H18N2. The monoisotopic (exact) mass is 274 g/mol. The quantitative estimate of drug-likeness (QED) is 0.660. The van der Waals surface area contributed by atoms with E-state index in [1.807, 2.05) is 31.2 Å². The van der Waals surface area contributed by atoms with Crippen molar-refractivity contribution in [3.63, 3.8) is 0 Å². The molecule has 104 valence electrons. The molecule has 0 unspecified atom stereocenters. The normalized spacial score (nSPS) is 10.3. The summed E-state index contributed by atoms with van der Waals surface area (Å²) in [4.78, 5) is 0. The summed E-state index contributed by atoms with van der Waals surface area (Å²) in [6.45, 7) is 2.01. The third kappa shape index (κ3) is 3.06. The molecule has 0 aromatic heterocycles. The van der Waals surface area contributed by atoms with Crippen LogP contribution in [0.3, 0.4) is 0 Å². The van der Waals surface area contributed by atoms with E-state index >= 15 is 0 Å². The van der Waals surface area contributed by atoms with Gasteiger partial charge in [0.1, 0.15) is 0 Å². The van der Waals surface area contributed by atoms with Crippen LogP contribution in [-0.2, 0) is 0 Å². The Morgan fingerprint density at radius 3 is 2.00 bits per heavy atom. The molecule has 0 aliphatic carbocycles. The first kappa shape index (κ1) is 13.3. The molecule has 3 aromatic rings. The van der Waals surface area contributed by atoms with Crippen LogP contribution < -0.4 is 11.1 Å². The second-order valence-corrected chi connectivity index (χ2v) is 5.14. The fraction of sp³-hybridized carbons (Fsp3) is 0.0526. The molecule has 0 atom stereocenters. The predicted octanol–water partition coefficient (Wildman–Crippen LogP) is 4.99. The number of nitrogen functional groups attached to an aromatic ring is 1. The van der Waals surface area contributed by atoms with E-state index in [0.717, 1.165) is 22.6 Å². The Bertz CT molecular complexity index is 731. The number of hydrogen-bond donors (Lipinski definition) is 2. The molecular weight excluding hydrogens is 256 g/mol. The Kier molecular flexibility index (Phi) is 3.61. The average Bonchev–Trinajstić information content (AvgIpc) is 2.53. The summed E-state index contributed by atoms with van der Waals surface area (Å²) >= 11 is 0. The van der Waals surface area contributed by atoms with Gasteiger partial charge in [0, 0.05) is 17.1 Å². The molecule has 0 amide bonds. The van der Waals surface area contributed by atoms with Gasteiger partial charge in [-0.3, -0.25) is 0 Å². The topological polar surface area (TPSA) is 38.0 Å². The SMILES string of the molecule is Cc1ccc(Nc2ccc(-c3ccccc3)cc2)cc1N. The lowest BCUT2D eigenvalue weighted by Gasteiger charge is -2.09. The molecule has 3 aromatic carbocycles. The number of rotatable bonds is 3. The van der Waals surface area contributed by atoms with E-state index in [1.165, 1.54) is 11.1 Å². The number of nitrogens with one attached hydrogen (secondary N) is 1. The first-order valence-electron chi connectivity index (χ1n) is 7.01. The molecule has 21 heavy (non-hydrogen) atoms. The third-order valence-corrected chi connectivity index (χ3v) is 3.56. The molecule has 0 bridgehead atoms. The summed E-state index contributed by atoms with van der Waals surface area (Å²) < 4.78 is 0. The molecule has 0 fully saturated rings. The van der Waals surface area contributed by atoms with Gasteiger partial charge in [-0.1, -0.05) is 48.5 Å². The van der Waals surface area contributed by atoms with E-state index in [-0.39, 0.29) is 0 Å². The lowest BCUT2D eigenvalue weighted by molar-refractivity contribution is 1.45. The van der Waals surface area contributed by atoms with Crippen LogP contribution in [0.15, 0.2) is 72.8 Å². The number of nitrogens with two attached hydrogens (primary N) is 1. The first-order chi connectivity index (χ1) is 10.2. The van der Waals surface area contributed by atoms with Gasteiger partial charge in [-0.25, -0.2) is 0 Å². The molecule has 3 N–H and O–H groups in total. The van der Waals surface area contributed by atoms with Crippen LogP contribution in [0, 0.1) is 6.92 Å². The highest BCUT2D eigenvalue weighted by atomic mass is 14.9. The van der Waals surface area contributed by atoms with Gasteiger partial charge >= 0.3 is 0 Å². The van der Waals surface area contributed by atoms with Crippen LogP contribution in [0.2, 0.25) is 0 Å². The van der Waals surface area contributed by atoms with Crippen molar-refractivity contribution in [2.75, 3.05) is 11.1 Å². The Morgan fingerprint density at radius 2 is 1.33 bits per heavy atom.